The molecule has 2 rings (SSSR count). The van der Waals surface area contributed by atoms with Crippen molar-refractivity contribution < 1.29 is 43.7 Å². The number of alkyl halides is 1. The summed E-state index contributed by atoms with van der Waals surface area (Å²) in [5.41, 5.74) is 1.73. The summed E-state index contributed by atoms with van der Waals surface area (Å²) in [4.78, 5) is 59.5. The van der Waals surface area contributed by atoms with E-state index in [4.69, 9.17) is 5.11 Å². The molecular formula is C25H33FN6O8. The van der Waals surface area contributed by atoms with Crippen LogP contribution < -0.4 is 10.6 Å². The van der Waals surface area contributed by atoms with Crippen LogP contribution in [0, 0.1) is 0 Å². The summed E-state index contributed by atoms with van der Waals surface area (Å²) in [6.45, 7) is 0.0499. The highest BCUT2D eigenvalue weighted by atomic mass is 19.1. The maximum Gasteiger partial charge on any atom is 0.326 e. The van der Waals surface area contributed by atoms with Crippen LogP contribution in [0.25, 0.3) is 0 Å². The van der Waals surface area contributed by atoms with Crippen LogP contribution in [-0.4, -0.2) is 90.9 Å². The standard InChI is InChI=1S/C25H33FN6O8/c1-31(25(40)28-19(23(36)37)10-11-22(34)35)20(24(38)39)14-16-6-8-17(9-7-16)27-21(33)5-3-13-32-15-18(29-30-32)4-2-12-26/h6-9,15,19-20H,2-5,10-14H2,1H3,(H,27,33)(H,28,40)(H,34,35)(H,36,37)(H,38,39). The number of urea groups is 1. The van der Waals surface area contributed by atoms with Crippen LogP contribution in [0.3, 0.4) is 0 Å². The number of carbonyl (C=O) groups is 5. The van der Waals surface area contributed by atoms with Gasteiger partial charge in [-0.15, -0.1) is 5.10 Å². The van der Waals surface area contributed by atoms with Gasteiger partial charge in [-0.2, -0.15) is 0 Å². The second-order valence-corrected chi connectivity index (χ2v) is 9.06. The van der Waals surface area contributed by atoms with Crippen LogP contribution in [0.4, 0.5) is 14.9 Å². The van der Waals surface area contributed by atoms with Gasteiger partial charge in [0.1, 0.15) is 12.1 Å². The van der Waals surface area contributed by atoms with Crippen LogP contribution in [-0.2, 0) is 38.6 Å². The zero-order chi connectivity index (χ0) is 29.7. The quantitative estimate of drug-likeness (QED) is 0.187. The lowest BCUT2D eigenvalue weighted by molar-refractivity contribution is -0.142. The van der Waals surface area contributed by atoms with E-state index in [0.717, 1.165) is 4.90 Å². The molecule has 0 saturated heterocycles. The Labute approximate surface area is 229 Å². The molecule has 0 saturated carbocycles. The number of anilines is 1. The van der Waals surface area contributed by atoms with Gasteiger partial charge in [-0.3, -0.25) is 18.7 Å². The van der Waals surface area contributed by atoms with Gasteiger partial charge < -0.3 is 30.9 Å². The largest absolute Gasteiger partial charge is 0.481 e. The molecule has 0 radical (unpaired) electrons. The molecule has 3 amide bonds. The Balaban J connectivity index is 1.87. The van der Waals surface area contributed by atoms with Gasteiger partial charge in [0.2, 0.25) is 5.91 Å². The molecule has 1 aromatic carbocycles. The fourth-order valence-corrected chi connectivity index (χ4v) is 3.69. The van der Waals surface area contributed by atoms with Crippen molar-refractivity contribution in [1.29, 1.82) is 0 Å². The minimum absolute atomic E-state index is 0.106. The maximum absolute atomic E-state index is 12.5. The number of hydrogen-bond donors (Lipinski definition) is 5. The summed E-state index contributed by atoms with van der Waals surface area (Å²) < 4.78 is 13.9. The number of halogens is 1. The summed E-state index contributed by atoms with van der Waals surface area (Å²) in [7, 11) is 1.20. The molecule has 0 fully saturated rings. The number of carbonyl (C=O) groups excluding carboxylic acids is 2. The molecule has 218 valence electrons. The lowest BCUT2D eigenvalue weighted by atomic mass is 10.0. The van der Waals surface area contributed by atoms with E-state index < -0.39 is 49.1 Å². The zero-order valence-corrected chi connectivity index (χ0v) is 22.0. The predicted octanol–water partition coefficient (Wildman–Crippen LogP) is 1.55. The molecule has 0 aliphatic rings. The third-order valence-electron chi connectivity index (χ3n) is 5.93. The van der Waals surface area contributed by atoms with E-state index in [2.05, 4.69) is 20.9 Å². The van der Waals surface area contributed by atoms with Crippen LogP contribution in [0.2, 0.25) is 0 Å². The number of nitrogens with zero attached hydrogens (tertiary/aromatic N) is 4. The first-order valence-electron chi connectivity index (χ1n) is 12.5. The Hall–Kier alpha value is -4.56. The van der Waals surface area contributed by atoms with Crippen molar-refractivity contribution >= 4 is 35.5 Å². The molecule has 14 nitrogen and oxygen atoms in total. The molecule has 2 unspecified atom stereocenters. The number of benzene rings is 1. The zero-order valence-electron chi connectivity index (χ0n) is 22.0. The Bertz CT molecular complexity index is 1170. The number of amides is 3. The first kappa shape index (κ1) is 31.7. The molecule has 15 heteroatoms. The summed E-state index contributed by atoms with van der Waals surface area (Å²) in [5.74, 6) is -4.23. The van der Waals surface area contributed by atoms with E-state index in [9.17, 15) is 38.6 Å². The van der Waals surface area contributed by atoms with E-state index in [1.165, 1.54) is 7.05 Å². The van der Waals surface area contributed by atoms with Gasteiger partial charge >= 0.3 is 23.9 Å². The fourth-order valence-electron chi connectivity index (χ4n) is 3.69. The maximum atomic E-state index is 12.5. The molecule has 5 N–H and O–H groups in total. The Morgan fingerprint density at radius 3 is 2.33 bits per heavy atom. The summed E-state index contributed by atoms with van der Waals surface area (Å²) in [6, 6.07) is 2.56. The van der Waals surface area contributed by atoms with Crippen molar-refractivity contribution in [2.24, 2.45) is 0 Å². The molecule has 0 spiro atoms. The molecule has 2 atom stereocenters. The van der Waals surface area contributed by atoms with Crippen LogP contribution in [0.15, 0.2) is 30.5 Å². The average molecular weight is 565 g/mol. The smallest absolute Gasteiger partial charge is 0.326 e. The van der Waals surface area contributed by atoms with Gasteiger partial charge in [0.15, 0.2) is 0 Å². The highest BCUT2D eigenvalue weighted by molar-refractivity contribution is 5.90. The van der Waals surface area contributed by atoms with Crippen molar-refractivity contribution in [1.82, 2.24) is 25.2 Å². The molecule has 0 aliphatic carbocycles. The second-order valence-electron chi connectivity index (χ2n) is 9.06. The number of rotatable bonds is 17. The van der Waals surface area contributed by atoms with Crippen molar-refractivity contribution in [3.05, 3.63) is 41.7 Å². The van der Waals surface area contributed by atoms with Gasteiger partial charge in [-0.1, -0.05) is 17.3 Å². The molecule has 0 bridgehead atoms. The summed E-state index contributed by atoms with van der Waals surface area (Å²) in [5, 5.41) is 40.4. The van der Waals surface area contributed by atoms with E-state index in [1.807, 2.05) is 0 Å². The molecule has 1 heterocycles. The number of carboxylic acids is 3. The normalized spacial score (nSPS) is 12.2. The van der Waals surface area contributed by atoms with E-state index in [-0.39, 0.29) is 25.2 Å². The second kappa shape index (κ2) is 15.8. The molecule has 2 aromatic rings. The van der Waals surface area contributed by atoms with Crippen LogP contribution in [0.5, 0.6) is 0 Å². The monoisotopic (exact) mass is 564 g/mol. The highest BCUT2D eigenvalue weighted by Crippen LogP contribution is 2.15. The van der Waals surface area contributed by atoms with E-state index >= 15 is 0 Å². The number of aromatic nitrogens is 3. The highest BCUT2D eigenvalue weighted by Gasteiger charge is 2.30. The minimum Gasteiger partial charge on any atom is -0.481 e. The average Bonchev–Trinajstić information content (AvgIpc) is 3.35. The molecule has 1 aromatic heterocycles. The number of nitrogens with one attached hydrogen (secondary N) is 2. The minimum atomic E-state index is -1.50. The lowest BCUT2D eigenvalue weighted by Gasteiger charge is -2.27. The van der Waals surface area contributed by atoms with Crippen molar-refractivity contribution in [3.8, 4) is 0 Å². The third-order valence-corrected chi connectivity index (χ3v) is 5.93. The SMILES string of the molecule is CN(C(=O)NC(CCC(=O)O)C(=O)O)C(Cc1ccc(NC(=O)CCCn2cc(CCCF)nn2)cc1)C(=O)O. The van der Waals surface area contributed by atoms with Crippen molar-refractivity contribution in [3.63, 3.8) is 0 Å². The van der Waals surface area contributed by atoms with Crippen LogP contribution >= 0.6 is 0 Å². The van der Waals surface area contributed by atoms with E-state index in [1.54, 1.807) is 35.1 Å². The third kappa shape index (κ3) is 10.7. The molecular weight excluding hydrogens is 531 g/mol. The van der Waals surface area contributed by atoms with Crippen molar-refractivity contribution in [2.45, 2.75) is 63.6 Å². The summed E-state index contributed by atoms with van der Waals surface area (Å²) >= 11 is 0. The first-order valence-corrected chi connectivity index (χ1v) is 12.5. The summed E-state index contributed by atoms with van der Waals surface area (Å²) in [6.07, 6.45) is 2.37. The van der Waals surface area contributed by atoms with Gasteiger partial charge in [0.05, 0.1) is 12.4 Å². The van der Waals surface area contributed by atoms with E-state index in [0.29, 0.717) is 42.8 Å². The number of hydrogen-bond acceptors (Lipinski definition) is 7. The van der Waals surface area contributed by atoms with Crippen molar-refractivity contribution in [2.75, 3.05) is 19.0 Å². The first-order chi connectivity index (χ1) is 19.0. The Morgan fingerprint density at radius 1 is 1.02 bits per heavy atom. The molecule has 0 aliphatic heterocycles. The van der Waals surface area contributed by atoms with Gasteiger partial charge in [-0.05, 0) is 43.4 Å². The number of carboxylic acid groups (broad SMARTS) is 3. The fraction of sp³-hybridized carbons (Fsp3) is 0.480. The number of aryl methyl sites for hydroxylation is 2. The van der Waals surface area contributed by atoms with Crippen LogP contribution in [0.1, 0.15) is 43.4 Å². The lowest BCUT2D eigenvalue weighted by Crippen LogP contribution is -2.52. The number of aliphatic carboxylic acids is 3. The van der Waals surface area contributed by atoms with Gasteiger partial charge in [0, 0.05) is 44.7 Å². The Morgan fingerprint density at radius 2 is 1.73 bits per heavy atom. The Kier molecular flexibility index (Phi) is 12.5. The number of likely N-dealkylation sites (N-methyl/N-ethyl adjacent to an activating group) is 1. The topological polar surface area (TPSA) is 204 Å². The van der Waals surface area contributed by atoms with Gasteiger partial charge in [-0.25, -0.2) is 14.4 Å². The molecule has 40 heavy (non-hydrogen) atoms. The predicted molar refractivity (Wildman–Crippen MR) is 138 cm³/mol. The van der Waals surface area contributed by atoms with Gasteiger partial charge in [0.25, 0.3) is 0 Å².